The van der Waals surface area contributed by atoms with Gasteiger partial charge in [-0.05, 0) is 70.8 Å². The van der Waals surface area contributed by atoms with Gasteiger partial charge in [0.05, 0.1) is 44.9 Å². The second-order valence-corrected chi connectivity index (χ2v) is 18.2. The summed E-state index contributed by atoms with van der Waals surface area (Å²) in [4.78, 5) is 53.9. The van der Waals surface area contributed by atoms with Crippen molar-refractivity contribution in [2.24, 2.45) is 11.8 Å². The van der Waals surface area contributed by atoms with Crippen LogP contribution in [0.2, 0.25) is 0 Å². The second-order valence-electron chi connectivity index (χ2n) is 18.2. The van der Waals surface area contributed by atoms with Gasteiger partial charge in [0.1, 0.15) is 12.7 Å². The fourth-order valence-electron chi connectivity index (χ4n) is 8.07. The molecular formula is C53H101NO10. The van der Waals surface area contributed by atoms with E-state index >= 15 is 0 Å². The van der Waals surface area contributed by atoms with Gasteiger partial charge in [-0.3, -0.25) is 24.1 Å². The summed E-state index contributed by atoms with van der Waals surface area (Å²) in [5, 5.41) is 9.07. The predicted molar refractivity (Wildman–Crippen MR) is 260 cm³/mol. The van der Waals surface area contributed by atoms with Crippen LogP contribution in [0.15, 0.2) is 0 Å². The number of aliphatic hydroxyl groups excluding tert-OH is 1. The van der Waals surface area contributed by atoms with Gasteiger partial charge >= 0.3 is 23.9 Å². The van der Waals surface area contributed by atoms with Crippen LogP contribution in [0.4, 0.5) is 0 Å². The molecule has 64 heavy (non-hydrogen) atoms. The zero-order valence-corrected chi connectivity index (χ0v) is 42.3. The molecule has 378 valence electrons. The molecule has 0 bridgehead atoms. The summed E-state index contributed by atoms with van der Waals surface area (Å²) in [6, 6.07) is 0. The Morgan fingerprint density at radius 3 is 1.30 bits per heavy atom. The Bertz CT molecular complexity index is 1070. The van der Waals surface area contributed by atoms with E-state index < -0.39 is 6.10 Å². The van der Waals surface area contributed by atoms with E-state index in [1.54, 1.807) is 0 Å². The molecule has 0 fully saturated rings. The third-order valence-electron chi connectivity index (χ3n) is 12.3. The number of likely N-dealkylation sites (N-methyl/N-ethyl adjacent to an activating group) is 1. The maximum absolute atomic E-state index is 13.0. The molecule has 0 saturated heterocycles. The molecule has 0 radical (unpaired) electrons. The monoisotopic (exact) mass is 912 g/mol. The lowest BCUT2D eigenvalue weighted by atomic mass is 9.94. The SMILES string of the molecule is CCCCCCCCC(CCCCCC)C(=O)OCCCCCC(=O)OCC(CN(CC)CCOCCO)OC(=O)CCCCCOC(=O)C(CCCCCC)CCCCCCCC. The van der Waals surface area contributed by atoms with Gasteiger partial charge in [0.25, 0.3) is 0 Å². The van der Waals surface area contributed by atoms with Crippen LogP contribution in [-0.4, -0.2) is 99.3 Å². The lowest BCUT2D eigenvalue weighted by molar-refractivity contribution is -0.160. The van der Waals surface area contributed by atoms with Crippen LogP contribution in [0, 0.1) is 11.8 Å². The Kier molecular flexibility index (Phi) is 45.6. The highest BCUT2D eigenvalue weighted by atomic mass is 16.6. The molecular weight excluding hydrogens is 811 g/mol. The lowest BCUT2D eigenvalue weighted by Crippen LogP contribution is -2.40. The van der Waals surface area contributed by atoms with Gasteiger partial charge in [-0.25, -0.2) is 0 Å². The Morgan fingerprint density at radius 1 is 0.453 bits per heavy atom. The first-order chi connectivity index (χ1) is 31.3. The van der Waals surface area contributed by atoms with Crippen molar-refractivity contribution in [1.29, 1.82) is 0 Å². The van der Waals surface area contributed by atoms with Gasteiger partial charge in [0.2, 0.25) is 0 Å². The molecule has 0 aromatic carbocycles. The van der Waals surface area contributed by atoms with Gasteiger partial charge in [0, 0.05) is 25.9 Å². The number of nitrogens with zero attached hydrogens (tertiary/aromatic N) is 1. The molecule has 1 N–H and O–H groups in total. The summed E-state index contributed by atoms with van der Waals surface area (Å²) in [6.45, 7) is 13.8. The first-order valence-corrected chi connectivity index (χ1v) is 26.8. The van der Waals surface area contributed by atoms with Crippen LogP contribution < -0.4 is 0 Å². The zero-order valence-electron chi connectivity index (χ0n) is 42.3. The molecule has 0 rings (SSSR count). The van der Waals surface area contributed by atoms with E-state index in [0.29, 0.717) is 65.1 Å². The van der Waals surface area contributed by atoms with Crippen molar-refractivity contribution >= 4 is 23.9 Å². The molecule has 0 aliphatic carbocycles. The van der Waals surface area contributed by atoms with E-state index in [-0.39, 0.29) is 68.4 Å². The van der Waals surface area contributed by atoms with Crippen molar-refractivity contribution in [1.82, 2.24) is 4.90 Å². The molecule has 0 aromatic rings. The summed E-state index contributed by atoms with van der Waals surface area (Å²) in [5.41, 5.74) is 0. The molecule has 11 heteroatoms. The van der Waals surface area contributed by atoms with E-state index in [2.05, 4.69) is 32.6 Å². The number of unbranched alkanes of at least 4 members (excludes halogenated alkanes) is 20. The Labute approximate surface area is 392 Å². The summed E-state index contributed by atoms with van der Waals surface area (Å²) < 4.78 is 28.4. The van der Waals surface area contributed by atoms with Crippen LogP contribution in [0.5, 0.6) is 0 Å². The zero-order chi connectivity index (χ0) is 47.1. The first kappa shape index (κ1) is 61.8. The van der Waals surface area contributed by atoms with E-state index in [9.17, 15) is 19.2 Å². The van der Waals surface area contributed by atoms with Crippen molar-refractivity contribution in [2.75, 3.05) is 59.3 Å². The van der Waals surface area contributed by atoms with E-state index in [1.165, 1.54) is 89.9 Å². The van der Waals surface area contributed by atoms with Crippen LogP contribution in [0.1, 0.15) is 240 Å². The largest absolute Gasteiger partial charge is 0.465 e. The van der Waals surface area contributed by atoms with Gasteiger partial charge in [-0.1, -0.05) is 163 Å². The average Bonchev–Trinajstić information content (AvgIpc) is 3.29. The third-order valence-corrected chi connectivity index (χ3v) is 12.3. The van der Waals surface area contributed by atoms with Crippen molar-refractivity contribution in [3.63, 3.8) is 0 Å². The molecule has 0 aromatic heterocycles. The number of hydrogen-bond donors (Lipinski definition) is 1. The highest BCUT2D eigenvalue weighted by molar-refractivity contribution is 5.73. The number of carbonyl (C=O) groups excluding carboxylic acids is 4. The highest BCUT2D eigenvalue weighted by Crippen LogP contribution is 2.22. The number of hydrogen-bond acceptors (Lipinski definition) is 11. The van der Waals surface area contributed by atoms with Crippen LogP contribution in [-0.2, 0) is 42.9 Å². The van der Waals surface area contributed by atoms with Crippen LogP contribution in [0.3, 0.4) is 0 Å². The van der Waals surface area contributed by atoms with Gasteiger partial charge in [0.15, 0.2) is 0 Å². The fourth-order valence-corrected chi connectivity index (χ4v) is 8.07. The summed E-state index contributed by atoms with van der Waals surface area (Å²) in [5.74, 6) is -0.866. The normalized spacial score (nSPS) is 12.9. The van der Waals surface area contributed by atoms with Crippen molar-refractivity contribution in [3.05, 3.63) is 0 Å². The molecule has 0 heterocycles. The predicted octanol–water partition coefficient (Wildman–Crippen LogP) is 12.7. The van der Waals surface area contributed by atoms with Crippen LogP contribution in [0.25, 0.3) is 0 Å². The van der Waals surface area contributed by atoms with Crippen LogP contribution >= 0.6 is 0 Å². The standard InChI is InChI=1S/C53H101NO10/c1-6-11-15-19-21-27-35-47(33-25-17-13-8-3)52(58)61-41-31-23-29-37-50(56)63-46-49(45-54(10-5)39-43-60-44-40-55)64-51(57)38-30-24-32-42-62-53(59)48(34-26-18-14-9-4)36-28-22-20-16-12-7-2/h47-49,55H,6-46H2,1-5H3. The Balaban J connectivity index is 4.84. The van der Waals surface area contributed by atoms with Crippen molar-refractivity contribution in [2.45, 2.75) is 246 Å². The fraction of sp³-hybridized carbons (Fsp3) is 0.925. The van der Waals surface area contributed by atoms with E-state index in [0.717, 1.165) is 77.0 Å². The minimum atomic E-state index is -0.637. The summed E-state index contributed by atoms with van der Waals surface area (Å²) >= 11 is 0. The van der Waals surface area contributed by atoms with E-state index in [4.69, 9.17) is 28.8 Å². The minimum absolute atomic E-state index is 0.0180. The Hall–Kier alpha value is -2.24. The van der Waals surface area contributed by atoms with Gasteiger partial charge in [-0.2, -0.15) is 0 Å². The highest BCUT2D eigenvalue weighted by Gasteiger charge is 2.22. The molecule has 3 unspecified atom stereocenters. The smallest absolute Gasteiger partial charge is 0.308 e. The number of aliphatic hydroxyl groups is 1. The number of ether oxygens (including phenoxy) is 5. The molecule has 0 aliphatic heterocycles. The lowest BCUT2D eigenvalue weighted by Gasteiger charge is -2.26. The average molecular weight is 912 g/mol. The van der Waals surface area contributed by atoms with E-state index in [1.807, 2.05) is 6.92 Å². The maximum atomic E-state index is 13.0. The molecule has 11 nitrogen and oxygen atoms in total. The minimum Gasteiger partial charge on any atom is -0.465 e. The molecule has 3 atom stereocenters. The van der Waals surface area contributed by atoms with Crippen molar-refractivity contribution < 1.29 is 48.0 Å². The second kappa shape index (κ2) is 47.3. The molecule has 0 amide bonds. The summed E-state index contributed by atoms with van der Waals surface area (Å²) in [6.07, 6.45) is 31.3. The molecule has 0 spiro atoms. The summed E-state index contributed by atoms with van der Waals surface area (Å²) in [7, 11) is 0. The number of carbonyl (C=O) groups is 4. The number of esters is 4. The number of rotatable bonds is 49. The molecule has 0 saturated carbocycles. The Morgan fingerprint density at radius 2 is 0.859 bits per heavy atom. The van der Waals surface area contributed by atoms with Gasteiger partial charge < -0.3 is 28.8 Å². The van der Waals surface area contributed by atoms with Gasteiger partial charge in [-0.15, -0.1) is 0 Å². The topological polar surface area (TPSA) is 138 Å². The third kappa shape index (κ3) is 39.0. The quantitative estimate of drug-likeness (QED) is 0.0355. The maximum Gasteiger partial charge on any atom is 0.308 e. The first-order valence-electron chi connectivity index (χ1n) is 26.8. The molecule has 0 aliphatic rings. The van der Waals surface area contributed by atoms with Crippen molar-refractivity contribution in [3.8, 4) is 0 Å².